The third kappa shape index (κ3) is 14.1. The molecule has 1 heterocycles. The first kappa shape index (κ1) is 29.1. The Bertz CT molecular complexity index is 785. The van der Waals surface area contributed by atoms with Gasteiger partial charge in [0.1, 0.15) is 5.82 Å². The molecule has 0 saturated heterocycles. The number of nitrogens with zero attached hydrogens (tertiary/aromatic N) is 2. The van der Waals surface area contributed by atoms with E-state index in [2.05, 4.69) is 48.0 Å². The zero-order valence-electron chi connectivity index (χ0n) is 22.4. The quantitative estimate of drug-likeness (QED) is 0.170. The van der Waals surface area contributed by atoms with Crippen LogP contribution in [-0.2, 0) is 11.2 Å². The molecule has 2 aromatic rings. The van der Waals surface area contributed by atoms with Crippen molar-refractivity contribution in [2.75, 3.05) is 0 Å². The second-order valence-corrected chi connectivity index (χ2v) is 10.2. The minimum absolute atomic E-state index is 0.337. The molecule has 35 heavy (non-hydrogen) atoms. The first-order valence-corrected chi connectivity index (χ1v) is 14.5. The first-order valence-electron chi connectivity index (χ1n) is 14.5. The molecule has 1 aromatic heterocycles. The molecule has 1 N–H and O–H groups in total. The van der Waals surface area contributed by atoms with Crippen LogP contribution in [0.4, 0.5) is 0 Å². The highest BCUT2D eigenvalue weighted by Gasteiger charge is 2.05. The number of aryl methyl sites for hydroxylation is 2. The van der Waals surface area contributed by atoms with Crippen LogP contribution < -0.4 is 0 Å². The van der Waals surface area contributed by atoms with Crippen LogP contribution >= 0.6 is 0 Å². The second kappa shape index (κ2) is 19.1. The van der Waals surface area contributed by atoms with E-state index < -0.39 is 5.97 Å². The van der Waals surface area contributed by atoms with Crippen molar-refractivity contribution in [2.24, 2.45) is 0 Å². The van der Waals surface area contributed by atoms with Crippen LogP contribution in [0.5, 0.6) is 0 Å². The highest BCUT2D eigenvalue weighted by molar-refractivity contribution is 5.66. The number of unbranched alkanes of at least 4 members (excludes halogenated alkanes) is 17. The van der Waals surface area contributed by atoms with Gasteiger partial charge in [0.2, 0.25) is 0 Å². The van der Waals surface area contributed by atoms with Crippen molar-refractivity contribution in [3.8, 4) is 5.69 Å². The molecule has 0 aliphatic carbocycles. The predicted octanol–water partition coefficient (Wildman–Crippen LogP) is 9.22. The van der Waals surface area contributed by atoms with E-state index in [1.807, 2.05) is 0 Å². The molecule has 0 aliphatic heterocycles. The summed E-state index contributed by atoms with van der Waals surface area (Å²) in [6.45, 7) is 2.09. The Hall–Kier alpha value is -2.10. The average Bonchev–Trinajstić information content (AvgIpc) is 3.23. The molecule has 4 heteroatoms. The molecule has 0 amide bonds. The minimum Gasteiger partial charge on any atom is -0.481 e. The van der Waals surface area contributed by atoms with E-state index in [1.54, 1.807) is 0 Å². The van der Waals surface area contributed by atoms with E-state index in [1.165, 1.54) is 114 Å². The number of carbonyl (C=O) groups is 1. The highest BCUT2D eigenvalue weighted by atomic mass is 16.4. The molecule has 196 valence electrons. The Morgan fingerprint density at radius 3 is 1.57 bits per heavy atom. The van der Waals surface area contributed by atoms with Crippen LogP contribution in [0.1, 0.15) is 134 Å². The minimum atomic E-state index is -0.657. The van der Waals surface area contributed by atoms with Gasteiger partial charge < -0.3 is 9.67 Å². The van der Waals surface area contributed by atoms with Gasteiger partial charge in [-0.3, -0.25) is 4.79 Å². The molecule has 0 bridgehead atoms. The third-order valence-electron chi connectivity index (χ3n) is 7.04. The monoisotopic (exact) mass is 482 g/mol. The summed E-state index contributed by atoms with van der Waals surface area (Å²) in [7, 11) is 0. The van der Waals surface area contributed by atoms with Gasteiger partial charge in [0.05, 0.1) is 5.69 Å². The molecular formula is C31H50N2O2. The summed E-state index contributed by atoms with van der Waals surface area (Å²) in [5, 5.41) is 8.62. The van der Waals surface area contributed by atoms with Crippen LogP contribution in [0.3, 0.4) is 0 Å². The Balaban J connectivity index is 1.31. The number of carboxylic acids is 1. The Morgan fingerprint density at radius 1 is 0.686 bits per heavy atom. The lowest BCUT2D eigenvalue weighted by Gasteiger charge is -2.04. The first-order chi connectivity index (χ1) is 17.2. The maximum absolute atomic E-state index is 10.5. The normalized spacial score (nSPS) is 11.2. The predicted molar refractivity (Wildman–Crippen MR) is 147 cm³/mol. The van der Waals surface area contributed by atoms with E-state index in [0.29, 0.717) is 6.42 Å². The molecule has 0 aliphatic rings. The number of aliphatic carboxylic acids is 1. The highest BCUT2D eigenvalue weighted by Crippen LogP contribution is 2.16. The van der Waals surface area contributed by atoms with Gasteiger partial charge in [-0.1, -0.05) is 121 Å². The van der Waals surface area contributed by atoms with Crippen molar-refractivity contribution in [1.82, 2.24) is 9.55 Å². The lowest BCUT2D eigenvalue weighted by Crippen LogP contribution is -1.93. The van der Waals surface area contributed by atoms with Crippen molar-refractivity contribution in [2.45, 2.75) is 135 Å². The zero-order chi connectivity index (χ0) is 25.0. The van der Waals surface area contributed by atoms with E-state index in [-0.39, 0.29) is 0 Å². The number of hydrogen-bond acceptors (Lipinski definition) is 2. The number of rotatable bonds is 22. The van der Waals surface area contributed by atoms with Gasteiger partial charge in [-0.05, 0) is 38.3 Å². The molecule has 0 saturated carbocycles. The average molecular weight is 483 g/mol. The van der Waals surface area contributed by atoms with Gasteiger partial charge in [-0.2, -0.15) is 0 Å². The fraction of sp³-hybridized carbons (Fsp3) is 0.677. The zero-order valence-corrected chi connectivity index (χ0v) is 22.4. The summed E-state index contributed by atoms with van der Waals surface area (Å²) in [5.74, 6) is 0.420. The molecule has 0 spiro atoms. The van der Waals surface area contributed by atoms with E-state index >= 15 is 0 Å². The van der Waals surface area contributed by atoms with Crippen molar-refractivity contribution in [1.29, 1.82) is 0 Å². The third-order valence-corrected chi connectivity index (χ3v) is 7.04. The SMILES string of the molecule is Cc1nc(CCCCCCCCCCCCCCCCCCCCC(=O)O)cn1-c1ccccc1. The molecule has 0 unspecified atom stereocenters. The maximum Gasteiger partial charge on any atom is 0.303 e. The second-order valence-electron chi connectivity index (χ2n) is 10.2. The lowest BCUT2D eigenvalue weighted by atomic mass is 10.0. The number of benzene rings is 1. The van der Waals surface area contributed by atoms with E-state index in [4.69, 9.17) is 10.1 Å². The topological polar surface area (TPSA) is 55.1 Å². The number of imidazole rings is 1. The molecule has 0 fully saturated rings. The largest absolute Gasteiger partial charge is 0.481 e. The molecule has 0 atom stereocenters. The van der Waals surface area contributed by atoms with Crippen LogP contribution in [0.25, 0.3) is 5.69 Å². The van der Waals surface area contributed by atoms with Gasteiger partial charge >= 0.3 is 5.97 Å². The fourth-order valence-corrected chi connectivity index (χ4v) is 4.91. The molecule has 0 radical (unpaired) electrons. The maximum atomic E-state index is 10.5. The van der Waals surface area contributed by atoms with Crippen LogP contribution in [0, 0.1) is 6.92 Å². The summed E-state index contributed by atoms with van der Waals surface area (Å²) >= 11 is 0. The van der Waals surface area contributed by atoms with E-state index in [9.17, 15) is 4.79 Å². The van der Waals surface area contributed by atoms with Gasteiger partial charge in [0, 0.05) is 18.3 Å². The smallest absolute Gasteiger partial charge is 0.303 e. The molecular weight excluding hydrogens is 432 g/mol. The fourth-order valence-electron chi connectivity index (χ4n) is 4.91. The van der Waals surface area contributed by atoms with Gasteiger partial charge in [0.25, 0.3) is 0 Å². The number of carboxylic acid groups (broad SMARTS) is 1. The van der Waals surface area contributed by atoms with Crippen LogP contribution in [0.2, 0.25) is 0 Å². The molecule has 1 aromatic carbocycles. The van der Waals surface area contributed by atoms with E-state index in [0.717, 1.165) is 25.1 Å². The van der Waals surface area contributed by atoms with Crippen molar-refractivity contribution < 1.29 is 9.90 Å². The summed E-state index contributed by atoms with van der Waals surface area (Å²) in [6, 6.07) is 10.5. The summed E-state index contributed by atoms with van der Waals surface area (Å²) < 4.78 is 2.20. The van der Waals surface area contributed by atoms with Gasteiger partial charge in [-0.15, -0.1) is 0 Å². The standard InChI is InChI=1S/C31H50N2O2/c1-28-32-29(27-33(28)30-24-20-18-21-25-30)23-19-16-14-12-10-8-6-4-2-3-5-7-9-11-13-15-17-22-26-31(34)35/h18,20-21,24-25,27H,2-17,19,22-23,26H2,1H3,(H,34,35). The van der Waals surface area contributed by atoms with Crippen molar-refractivity contribution in [3.63, 3.8) is 0 Å². The molecule has 2 rings (SSSR count). The number of para-hydroxylation sites is 1. The Kier molecular flexibility index (Phi) is 15.9. The van der Waals surface area contributed by atoms with Crippen molar-refractivity contribution >= 4 is 5.97 Å². The number of aromatic nitrogens is 2. The number of hydrogen-bond donors (Lipinski definition) is 1. The summed E-state index contributed by atoms with van der Waals surface area (Å²) in [4.78, 5) is 15.2. The Labute approximate surface area is 214 Å². The van der Waals surface area contributed by atoms with Gasteiger partial charge in [0.15, 0.2) is 0 Å². The van der Waals surface area contributed by atoms with Crippen LogP contribution in [-0.4, -0.2) is 20.6 Å². The van der Waals surface area contributed by atoms with Crippen molar-refractivity contribution in [3.05, 3.63) is 48.0 Å². The Morgan fingerprint density at radius 2 is 1.11 bits per heavy atom. The summed E-state index contributed by atoms with van der Waals surface area (Å²) in [6.07, 6.45) is 27.2. The molecule has 4 nitrogen and oxygen atoms in total. The van der Waals surface area contributed by atoms with Crippen LogP contribution in [0.15, 0.2) is 36.5 Å². The lowest BCUT2D eigenvalue weighted by molar-refractivity contribution is -0.137. The van der Waals surface area contributed by atoms with Gasteiger partial charge in [-0.25, -0.2) is 4.98 Å². The summed E-state index contributed by atoms with van der Waals surface area (Å²) in [5.41, 5.74) is 2.42.